The first kappa shape index (κ1) is 16.1. The Morgan fingerprint density at radius 2 is 2.05 bits per heavy atom. The van der Waals surface area contributed by atoms with Crippen LogP contribution in [0, 0.1) is 5.41 Å². The predicted molar refractivity (Wildman–Crippen MR) is 90.1 cm³/mol. The lowest BCUT2D eigenvalue weighted by atomic mass is 9.85. The van der Waals surface area contributed by atoms with Gasteiger partial charge in [-0.3, -0.25) is 4.79 Å². The molecule has 0 aliphatic carbocycles. The third kappa shape index (κ3) is 3.51. The molecule has 0 atom stereocenters. The number of hydrogen-bond donors (Lipinski definition) is 0. The highest BCUT2D eigenvalue weighted by Gasteiger charge is 2.34. The molecule has 5 heteroatoms. The molecule has 0 spiro atoms. The molecule has 2 aliphatic heterocycles. The maximum Gasteiger partial charge on any atom is 0.275 e. The van der Waals surface area contributed by atoms with E-state index in [0.29, 0.717) is 0 Å². The number of carbonyl (C=O) groups excluding carboxylic acids is 1. The van der Waals surface area contributed by atoms with Crippen LogP contribution in [-0.2, 0) is 4.79 Å². The standard InChI is InChI=1S/C16H25N3OS/c1-6-9-19-10-11-21-13(19)8-7-12-14(16(2,3)4)17-18(5)15(12)20/h7-8H,6,9-11H2,1-5H3/b12-7+,13-8+. The van der Waals surface area contributed by atoms with E-state index in [2.05, 4.69) is 43.8 Å². The summed E-state index contributed by atoms with van der Waals surface area (Å²) in [5.74, 6) is 1.12. The Hall–Kier alpha value is -1.23. The molecule has 1 saturated heterocycles. The second-order valence-electron chi connectivity index (χ2n) is 6.45. The molecule has 0 aromatic heterocycles. The minimum atomic E-state index is -0.128. The fraction of sp³-hybridized carbons (Fsp3) is 0.625. The Labute approximate surface area is 131 Å². The van der Waals surface area contributed by atoms with Crippen molar-refractivity contribution in [3.8, 4) is 0 Å². The Balaban J connectivity index is 2.27. The summed E-state index contributed by atoms with van der Waals surface area (Å²) < 4.78 is 0. The summed E-state index contributed by atoms with van der Waals surface area (Å²) >= 11 is 1.86. The first-order valence-corrected chi connectivity index (χ1v) is 8.50. The van der Waals surface area contributed by atoms with Gasteiger partial charge in [-0.1, -0.05) is 27.7 Å². The molecule has 2 aliphatic rings. The van der Waals surface area contributed by atoms with Crippen molar-refractivity contribution in [2.75, 3.05) is 25.9 Å². The summed E-state index contributed by atoms with van der Waals surface area (Å²) in [4.78, 5) is 14.7. The van der Waals surface area contributed by atoms with E-state index in [1.807, 2.05) is 17.8 Å². The van der Waals surface area contributed by atoms with E-state index in [1.165, 1.54) is 10.0 Å². The maximum atomic E-state index is 12.3. The molecule has 2 heterocycles. The Bertz CT molecular complexity index is 514. The van der Waals surface area contributed by atoms with Gasteiger partial charge in [-0.2, -0.15) is 5.10 Å². The summed E-state index contributed by atoms with van der Waals surface area (Å²) in [5.41, 5.74) is 1.47. The van der Waals surface area contributed by atoms with Crippen LogP contribution in [0.15, 0.2) is 27.9 Å². The van der Waals surface area contributed by atoms with Crippen LogP contribution in [-0.4, -0.2) is 47.4 Å². The van der Waals surface area contributed by atoms with Gasteiger partial charge in [0.05, 0.1) is 16.3 Å². The highest BCUT2D eigenvalue weighted by Crippen LogP contribution is 2.30. The van der Waals surface area contributed by atoms with Crippen LogP contribution in [0.5, 0.6) is 0 Å². The number of hydrogen-bond acceptors (Lipinski definition) is 4. The largest absolute Gasteiger partial charge is 0.366 e. The fourth-order valence-electron chi connectivity index (χ4n) is 2.49. The van der Waals surface area contributed by atoms with Crippen LogP contribution >= 0.6 is 11.8 Å². The quantitative estimate of drug-likeness (QED) is 0.752. The van der Waals surface area contributed by atoms with Crippen molar-refractivity contribution in [2.45, 2.75) is 34.1 Å². The molecular weight excluding hydrogens is 282 g/mol. The zero-order valence-electron chi connectivity index (χ0n) is 13.6. The lowest BCUT2D eigenvalue weighted by Gasteiger charge is -2.18. The predicted octanol–water partition coefficient (Wildman–Crippen LogP) is 3.09. The Morgan fingerprint density at radius 1 is 1.33 bits per heavy atom. The number of rotatable bonds is 3. The average Bonchev–Trinajstić information content (AvgIpc) is 2.94. The smallest absolute Gasteiger partial charge is 0.275 e. The number of amides is 1. The second kappa shape index (κ2) is 6.26. The topological polar surface area (TPSA) is 35.9 Å². The minimum Gasteiger partial charge on any atom is -0.366 e. The van der Waals surface area contributed by atoms with Crippen molar-refractivity contribution in [2.24, 2.45) is 10.5 Å². The van der Waals surface area contributed by atoms with Crippen LogP contribution in [0.1, 0.15) is 34.1 Å². The lowest BCUT2D eigenvalue weighted by Crippen LogP contribution is -2.23. The van der Waals surface area contributed by atoms with E-state index >= 15 is 0 Å². The van der Waals surface area contributed by atoms with Crippen molar-refractivity contribution >= 4 is 23.4 Å². The molecule has 0 aromatic rings. The molecule has 0 radical (unpaired) electrons. The van der Waals surface area contributed by atoms with Crippen LogP contribution < -0.4 is 0 Å². The molecule has 0 saturated carbocycles. The number of likely N-dealkylation sites (N-methyl/N-ethyl adjacent to an activating group) is 1. The minimum absolute atomic E-state index is 0.0122. The van der Waals surface area contributed by atoms with Crippen LogP contribution in [0.2, 0.25) is 0 Å². The Kier molecular flexibility index (Phi) is 4.81. The van der Waals surface area contributed by atoms with E-state index < -0.39 is 0 Å². The van der Waals surface area contributed by atoms with E-state index in [4.69, 9.17) is 0 Å². The molecular formula is C16H25N3OS. The zero-order chi connectivity index (χ0) is 15.6. The number of allylic oxidation sites excluding steroid dienone is 2. The molecule has 2 rings (SSSR count). The Morgan fingerprint density at radius 3 is 2.67 bits per heavy atom. The van der Waals surface area contributed by atoms with Gasteiger partial charge in [-0.25, -0.2) is 5.01 Å². The molecule has 0 N–H and O–H groups in total. The van der Waals surface area contributed by atoms with Crippen LogP contribution in [0.4, 0.5) is 0 Å². The molecule has 1 amide bonds. The first-order chi connectivity index (χ1) is 9.84. The highest BCUT2D eigenvalue weighted by molar-refractivity contribution is 8.03. The maximum absolute atomic E-state index is 12.3. The normalized spacial score (nSPS) is 23.7. The highest BCUT2D eigenvalue weighted by atomic mass is 32.2. The van der Waals surface area contributed by atoms with Gasteiger partial charge in [0.2, 0.25) is 0 Å². The average molecular weight is 307 g/mol. The van der Waals surface area contributed by atoms with Gasteiger partial charge in [0, 0.05) is 31.3 Å². The number of hydrazone groups is 1. The molecule has 0 aromatic carbocycles. The molecule has 0 bridgehead atoms. The number of thioether (sulfide) groups is 1. The van der Waals surface area contributed by atoms with E-state index in [1.54, 1.807) is 7.05 Å². The lowest BCUT2D eigenvalue weighted by molar-refractivity contribution is -0.124. The van der Waals surface area contributed by atoms with E-state index in [9.17, 15) is 4.79 Å². The van der Waals surface area contributed by atoms with Crippen molar-refractivity contribution in [1.82, 2.24) is 9.91 Å². The summed E-state index contributed by atoms with van der Waals surface area (Å²) in [6, 6.07) is 0. The molecule has 1 fully saturated rings. The molecule has 0 unspecified atom stereocenters. The SMILES string of the molecule is CCCN1CCS/C1=C/C=C1/C(=O)N(C)N=C1C(C)(C)C. The van der Waals surface area contributed by atoms with Crippen molar-refractivity contribution in [3.05, 3.63) is 22.8 Å². The first-order valence-electron chi connectivity index (χ1n) is 7.52. The third-order valence-electron chi connectivity index (χ3n) is 3.55. The van der Waals surface area contributed by atoms with Crippen LogP contribution in [0.25, 0.3) is 0 Å². The van der Waals surface area contributed by atoms with Crippen molar-refractivity contribution < 1.29 is 4.79 Å². The van der Waals surface area contributed by atoms with E-state index in [-0.39, 0.29) is 11.3 Å². The fourth-order valence-corrected chi connectivity index (χ4v) is 3.54. The van der Waals surface area contributed by atoms with Gasteiger partial charge in [-0.15, -0.1) is 11.8 Å². The summed E-state index contributed by atoms with van der Waals surface area (Å²) in [6.45, 7) is 10.6. The summed E-state index contributed by atoms with van der Waals surface area (Å²) in [7, 11) is 1.72. The second-order valence-corrected chi connectivity index (χ2v) is 7.56. The molecule has 4 nitrogen and oxygen atoms in total. The van der Waals surface area contributed by atoms with Gasteiger partial charge in [0.25, 0.3) is 5.91 Å². The molecule has 116 valence electrons. The van der Waals surface area contributed by atoms with Gasteiger partial charge >= 0.3 is 0 Å². The van der Waals surface area contributed by atoms with Gasteiger partial charge in [0.1, 0.15) is 0 Å². The van der Waals surface area contributed by atoms with E-state index in [0.717, 1.165) is 36.5 Å². The number of carbonyl (C=O) groups is 1. The van der Waals surface area contributed by atoms with Crippen molar-refractivity contribution in [3.63, 3.8) is 0 Å². The summed E-state index contributed by atoms with van der Waals surface area (Å²) in [6.07, 6.45) is 5.18. The zero-order valence-corrected chi connectivity index (χ0v) is 14.5. The summed E-state index contributed by atoms with van der Waals surface area (Å²) in [5, 5.41) is 7.11. The monoisotopic (exact) mass is 307 g/mol. The number of nitrogens with zero attached hydrogens (tertiary/aromatic N) is 3. The third-order valence-corrected chi connectivity index (χ3v) is 4.63. The van der Waals surface area contributed by atoms with Gasteiger partial charge < -0.3 is 4.90 Å². The van der Waals surface area contributed by atoms with Crippen LogP contribution in [0.3, 0.4) is 0 Å². The molecule has 21 heavy (non-hydrogen) atoms. The van der Waals surface area contributed by atoms with Gasteiger partial charge in [-0.05, 0) is 18.6 Å². The van der Waals surface area contributed by atoms with Gasteiger partial charge in [0.15, 0.2) is 0 Å². The van der Waals surface area contributed by atoms with Crippen molar-refractivity contribution in [1.29, 1.82) is 0 Å².